The van der Waals surface area contributed by atoms with Gasteiger partial charge in [-0.25, -0.2) is 4.79 Å². The van der Waals surface area contributed by atoms with E-state index in [1.165, 1.54) is 51.6 Å². The quantitative estimate of drug-likeness (QED) is 0.0813. The van der Waals surface area contributed by atoms with Crippen molar-refractivity contribution in [2.75, 3.05) is 11.1 Å². The van der Waals surface area contributed by atoms with E-state index in [4.69, 9.17) is 17.3 Å². The number of nitrogens with two attached hydrogens (primary N) is 1. The van der Waals surface area contributed by atoms with E-state index < -0.39 is 38.1 Å². The molecule has 0 bridgehead atoms. The smallest absolute Gasteiger partial charge is 0.417 e. The largest absolute Gasteiger partial charge is 0.431 e. The van der Waals surface area contributed by atoms with E-state index >= 15 is 0 Å². The molecule has 0 aliphatic carbocycles. The number of hydrogen-bond acceptors (Lipinski definition) is 14. The fraction of sp³-hybridized carbons (Fsp3) is 0.0794. The Morgan fingerprint density at radius 1 is 0.563 bits per heavy atom. The zero-order valence-electron chi connectivity index (χ0n) is 45.9. The number of anilines is 2. The van der Waals surface area contributed by atoms with Gasteiger partial charge in [0.05, 0.1) is 88.8 Å². The molecule has 0 saturated heterocycles. The molecule has 436 valence electrons. The first-order valence-electron chi connectivity index (χ1n) is 26.0. The third-order valence-corrected chi connectivity index (χ3v) is 14.0. The monoisotopic (exact) mass is 1190 g/mol. The number of nitro benzene ring substituents is 2. The van der Waals surface area contributed by atoms with E-state index in [2.05, 4.69) is 24.7 Å². The molecule has 0 spiro atoms. The normalized spacial score (nSPS) is 11.0. The number of amides is 1. The molecular formula is C63H46ClF3N10O10. The number of fused-ring (bicyclic) bond motifs is 4. The molecule has 5 aromatic carbocycles. The van der Waals surface area contributed by atoms with Gasteiger partial charge in [0.2, 0.25) is 5.91 Å². The second kappa shape index (κ2) is 25.6. The molecule has 0 atom stereocenters. The molecule has 7 aromatic heterocycles. The van der Waals surface area contributed by atoms with Crippen molar-refractivity contribution in [1.82, 2.24) is 28.7 Å². The predicted octanol–water partition coefficient (Wildman–Crippen LogP) is 12.1. The summed E-state index contributed by atoms with van der Waals surface area (Å²) >= 11 is 5.64. The number of carbonyl (C=O) groups excluding carboxylic acids is 1. The van der Waals surface area contributed by atoms with Crippen LogP contribution in [-0.2, 0) is 17.4 Å². The molecule has 12 rings (SSSR count). The zero-order valence-corrected chi connectivity index (χ0v) is 46.7. The number of aryl methyl sites for hydroxylation is 3. The lowest BCUT2D eigenvalue weighted by molar-refractivity contribution is -0.383. The van der Waals surface area contributed by atoms with Crippen molar-refractivity contribution in [3.63, 3.8) is 0 Å². The van der Waals surface area contributed by atoms with Crippen LogP contribution >= 0.6 is 11.6 Å². The molecule has 0 radical (unpaired) electrons. The standard InChI is InChI=1S/C24H17ClF3N3O2.C15H11N3O3.C15H13N3O.C9H5NO4/c1-14-21(6-3-10-29-14)31-11-9-16-17(23(31)33)4-2-5-20(16)30-22(32)13-15-7-8-19(25)18(12-15)24(26,27)28;1-10-13(6-3-8-16-10)17-9-7-11-12(15(17)19)4-2-5-14(11)18(20)21;1-10-14(6-3-8-17-10)18-9-7-11-12(15(18)19)4-2-5-13(11)16;11-9-7-2-1-3-8(10(12)13)6(7)4-5-14-9/h2-12H,13H2,1H3,(H,30,32);2-9H,1H3;2-9H,16H2,1H3;1-5H. The van der Waals surface area contributed by atoms with Crippen LogP contribution in [0.15, 0.2) is 219 Å². The van der Waals surface area contributed by atoms with Gasteiger partial charge in [0.1, 0.15) is 0 Å². The van der Waals surface area contributed by atoms with Gasteiger partial charge in [-0.1, -0.05) is 41.9 Å². The van der Waals surface area contributed by atoms with E-state index in [1.54, 1.807) is 134 Å². The van der Waals surface area contributed by atoms with Crippen molar-refractivity contribution in [2.45, 2.75) is 33.4 Å². The Morgan fingerprint density at radius 3 is 1.49 bits per heavy atom. The first kappa shape index (κ1) is 60.1. The van der Waals surface area contributed by atoms with Crippen LogP contribution in [0.25, 0.3) is 60.2 Å². The van der Waals surface area contributed by atoms with Crippen molar-refractivity contribution >= 4 is 83.3 Å². The molecule has 3 N–H and O–H groups in total. The van der Waals surface area contributed by atoms with Crippen molar-refractivity contribution in [3.8, 4) is 17.1 Å². The van der Waals surface area contributed by atoms with Crippen molar-refractivity contribution in [1.29, 1.82) is 0 Å². The highest BCUT2D eigenvalue weighted by Gasteiger charge is 2.33. The molecule has 20 nitrogen and oxygen atoms in total. The molecule has 0 aliphatic heterocycles. The number of nitrogen functional groups attached to an aromatic ring is 1. The number of rotatable bonds is 8. The number of carbonyl (C=O) groups is 1. The van der Waals surface area contributed by atoms with E-state index in [-0.39, 0.29) is 45.4 Å². The number of hydrogen-bond donors (Lipinski definition) is 2. The summed E-state index contributed by atoms with van der Waals surface area (Å²) in [6.45, 7) is 5.48. The lowest BCUT2D eigenvalue weighted by Crippen LogP contribution is -2.20. The van der Waals surface area contributed by atoms with Crippen LogP contribution in [0.3, 0.4) is 0 Å². The van der Waals surface area contributed by atoms with Crippen molar-refractivity contribution in [3.05, 3.63) is 290 Å². The van der Waals surface area contributed by atoms with Crippen molar-refractivity contribution < 1.29 is 32.2 Å². The molecule has 0 fully saturated rings. The van der Waals surface area contributed by atoms with Crippen LogP contribution < -0.4 is 33.4 Å². The highest BCUT2D eigenvalue weighted by molar-refractivity contribution is 6.31. The maximum Gasteiger partial charge on any atom is 0.417 e. The molecule has 12 aromatic rings. The molecule has 0 unspecified atom stereocenters. The maximum atomic E-state index is 13.1. The Morgan fingerprint density at radius 2 is 1.00 bits per heavy atom. The molecule has 0 saturated carbocycles. The summed E-state index contributed by atoms with van der Waals surface area (Å²) in [5.41, 5.74) is 8.97. The number of benzene rings is 5. The highest BCUT2D eigenvalue weighted by atomic mass is 35.5. The van der Waals surface area contributed by atoms with E-state index in [0.29, 0.717) is 66.5 Å². The van der Waals surface area contributed by atoms with E-state index in [1.807, 2.05) is 25.1 Å². The van der Waals surface area contributed by atoms with Gasteiger partial charge in [-0.2, -0.15) is 13.2 Å². The second-order valence-electron chi connectivity index (χ2n) is 19.1. The van der Waals surface area contributed by atoms with Crippen LogP contribution in [-0.4, -0.2) is 44.4 Å². The summed E-state index contributed by atoms with van der Waals surface area (Å²) in [6.07, 6.45) is 6.12. The van der Waals surface area contributed by atoms with Gasteiger partial charge in [0.25, 0.3) is 28.1 Å². The number of halogens is 4. The van der Waals surface area contributed by atoms with E-state index in [0.717, 1.165) is 35.2 Å². The van der Waals surface area contributed by atoms with Gasteiger partial charge in [-0.05, 0) is 136 Å². The van der Waals surface area contributed by atoms with Gasteiger partial charge in [-0.3, -0.25) is 68.1 Å². The summed E-state index contributed by atoms with van der Waals surface area (Å²) in [6, 6.07) is 39.7. The lowest BCUT2D eigenvalue weighted by Gasteiger charge is -2.13. The first-order valence-corrected chi connectivity index (χ1v) is 26.4. The van der Waals surface area contributed by atoms with Gasteiger partial charge in [-0.15, -0.1) is 0 Å². The molecule has 1 amide bonds. The topological polar surface area (TPSA) is 276 Å². The fourth-order valence-electron chi connectivity index (χ4n) is 9.44. The summed E-state index contributed by atoms with van der Waals surface area (Å²) in [7, 11) is 0. The number of non-ortho nitro benzene ring substituents is 2. The third-order valence-electron chi connectivity index (χ3n) is 13.6. The number of alkyl halides is 3. The summed E-state index contributed by atoms with van der Waals surface area (Å²) in [5, 5.41) is 27.4. The Bertz CT molecular complexity index is 4930. The van der Waals surface area contributed by atoms with Crippen molar-refractivity contribution in [2.24, 2.45) is 0 Å². The molecular weight excluding hydrogens is 1150 g/mol. The first-order chi connectivity index (χ1) is 41.6. The lowest BCUT2D eigenvalue weighted by atomic mass is 10.1. The molecule has 87 heavy (non-hydrogen) atoms. The van der Waals surface area contributed by atoms with Crippen LogP contribution in [0.4, 0.5) is 35.9 Å². The number of aromatic nitrogens is 6. The molecule has 24 heteroatoms. The van der Waals surface area contributed by atoms with Gasteiger partial charge < -0.3 is 15.5 Å². The van der Waals surface area contributed by atoms with Crippen LogP contribution in [0.5, 0.6) is 0 Å². The number of nitrogens with one attached hydrogen (secondary N) is 1. The summed E-state index contributed by atoms with van der Waals surface area (Å²) < 4.78 is 48.4. The van der Waals surface area contributed by atoms with Crippen LogP contribution in [0.2, 0.25) is 5.02 Å². The Labute approximate surface area is 493 Å². The van der Waals surface area contributed by atoms with Crippen LogP contribution in [0, 0.1) is 41.0 Å². The second-order valence-corrected chi connectivity index (χ2v) is 19.5. The maximum absolute atomic E-state index is 13.1. The minimum absolute atomic E-state index is 0.0698. The number of nitro groups is 2. The number of nitrogens with zero attached hydrogens (tertiary/aromatic N) is 8. The summed E-state index contributed by atoms with van der Waals surface area (Å²) in [4.78, 5) is 95.1. The van der Waals surface area contributed by atoms with Gasteiger partial charge in [0.15, 0.2) is 0 Å². The van der Waals surface area contributed by atoms with Gasteiger partial charge >= 0.3 is 11.8 Å². The van der Waals surface area contributed by atoms with E-state index in [9.17, 15) is 57.4 Å². The minimum Gasteiger partial charge on any atom is -0.431 e. The Balaban J connectivity index is 0.000000145. The summed E-state index contributed by atoms with van der Waals surface area (Å²) in [5.74, 6) is -0.523. The fourth-order valence-corrected chi connectivity index (χ4v) is 9.67. The molecule has 0 aliphatic rings. The Kier molecular flexibility index (Phi) is 17.7. The highest BCUT2D eigenvalue weighted by Crippen LogP contribution is 2.35. The number of pyridine rings is 6. The predicted molar refractivity (Wildman–Crippen MR) is 325 cm³/mol. The van der Waals surface area contributed by atoms with Gasteiger partial charge in [0, 0.05) is 82.2 Å². The third kappa shape index (κ3) is 13.0. The average molecular weight is 1200 g/mol. The molecule has 7 heterocycles. The Hall–Kier alpha value is -11.5. The average Bonchev–Trinajstić information content (AvgIpc) is 1.76. The van der Waals surface area contributed by atoms with Crippen LogP contribution in [0.1, 0.15) is 28.2 Å². The SMILES string of the molecule is Cc1ncccc1-n1ccc2c(N)cccc2c1=O.Cc1ncccc1-n1ccc2c(NC(=O)Cc3ccc(Cl)c(C(F)(F)F)c3)cccc2c1=O.Cc1ncccc1-n1ccc2c([N+](=O)[O-])cccc2c1=O.O=c1occc2c([N+](=O)[O-])cccc12. The minimum atomic E-state index is -4.62. The zero-order chi connectivity index (χ0) is 62.3.